The normalized spacial score (nSPS) is 10.5. The summed E-state index contributed by atoms with van der Waals surface area (Å²) in [5, 5.41) is 15.5. The smallest absolute Gasteiger partial charge is 0.356 e. The van der Waals surface area contributed by atoms with Gasteiger partial charge in [0.1, 0.15) is 18.1 Å². The van der Waals surface area contributed by atoms with E-state index in [-0.39, 0.29) is 29.5 Å². The number of carbonyl (C=O) groups excluding carboxylic acids is 2. The molecule has 144 valence electrons. The van der Waals surface area contributed by atoms with Gasteiger partial charge in [-0.25, -0.2) is 4.79 Å². The van der Waals surface area contributed by atoms with E-state index in [4.69, 9.17) is 9.15 Å². The number of aromatic nitrogens is 2. The zero-order valence-corrected chi connectivity index (χ0v) is 15.1. The number of nitrogens with zero attached hydrogens (tertiary/aromatic N) is 2. The van der Waals surface area contributed by atoms with Crippen molar-refractivity contribution in [1.29, 1.82) is 0 Å². The van der Waals surface area contributed by atoms with E-state index in [1.54, 1.807) is 30.3 Å². The fraction of sp³-hybridized carbons (Fsp3) is 0.158. The van der Waals surface area contributed by atoms with E-state index in [1.807, 2.05) is 0 Å². The number of rotatable bonds is 7. The summed E-state index contributed by atoms with van der Waals surface area (Å²) in [6.07, 6.45) is 1.25. The van der Waals surface area contributed by atoms with Crippen molar-refractivity contribution in [1.82, 2.24) is 9.78 Å². The van der Waals surface area contributed by atoms with E-state index in [2.05, 4.69) is 10.4 Å². The summed E-state index contributed by atoms with van der Waals surface area (Å²) >= 11 is 0. The average molecular weight is 383 g/mol. The molecule has 0 saturated heterocycles. The highest BCUT2D eigenvalue weighted by Gasteiger charge is 2.20. The SMILES string of the molecule is CC(=O)c1ccc(OCc2ccc(C(=O)Nc3cnn(C)c3C(=O)O)o2)cc1. The van der Waals surface area contributed by atoms with Gasteiger partial charge < -0.3 is 19.6 Å². The van der Waals surface area contributed by atoms with Crippen molar-refractivity contribution >= 4 is 23.3 Å². The molecule has 3 rings (SSSR count). The second-order valence-electron chi connectivity index (χ2n) is 5.92. The van der Waals surface area contributed by atoms with Crippen molar-refractivity contribution in [3.63, 3.8) is 0 Å². The Balaban J connectivity index is 1.63. The van der Waals surface area contributed by atoms with Gasteiger partial charge >= 0.3 is 5.97 Å². The number of nitrogens with one attached hydrogen (secondary N) is 1. The Morgan fingerprint density at radius 2 is 1.89 bits per heavy atom. The molecule has 0 fully saturated rings. The molecule has 0 bridgehead atoms. The zero-order chi connectivity index (χ0) is 20.3. The summed E-state index contributed by atoms with van der Waals surface area (Å²) in [7, 11) is 1.46. The Labute approximate surface area is 159 Å². The Morgan fingerprint density at radius 1 is 1.18 bits per heavy atom. The molecular weight excluding hydrogens is 366 g/mol. The monoisotopic (exact) mass is 383 g/mol. The van der Waals surface area contributed by atoms with E-state index in [0.29, 0.717) is 17.1 Å². The van der Waals surface area contributed by atoms with Gasteiger partial charge in [0.2, 0.25) is 0 Å². The maximum atomic E-state index is 12.3. The number of carboxylic acid groups (broad SMARTS) is 1. The van der Waals surface area contributed by atoms with Crippen LogP contribution in [-0.2, 0) is 13.7 Å². The fourth-order valence-corrected chi connectivity index (χ4v) is 2.48. The van der Waals surface area contributed by atoms with Gasteiger partial charge in [-0.05, 0) is 43.3 Å². The number of ketones is 1. The first-order chi connectivity index (χ1) is 13.3. The quantitative estimate of drug-likeness (QED) is 0.601. The topological polar surface area (TPSA) is 124 Å². The van der Waals surface area contributed by atoms with Crippen LogP contribution in [0.25, 0.3) is 0 Å². The van der Waals surface area contributed by atoms with Crippen molar-refractivity contribution in [2.24, 2.45) is 7.05 Å². The largest absolute Gasteiger partial charge is 0.486 e. The molecule has 0 unspecified atom stereocenters. The lowest BCUT2D eigenvalue weighted by Crippen LogP contribution is -2.15. The third-order valence-corrected chi connectivity index (χ3v) is 3.92. The Kier molecular flexibility index (Phi) is 5.25. The molecule has 0 aliphatic heterocycles. The van der Waals surface area contributed by atoms with Crippen LogP contribution >= 0.6 is 0 Å². The van der Waals surface area contributed by atoms with E-state index in [0.717, 1.165) is 4.68 Å². The van der Waals surface area contributed by atoms with Crippen LogP contribution in [0.3, 0.4) is 0 Å². The first-order valence-corrected chi connectivity index (χ1v) is 8.24. The molecule has 28 heavy (non-hydrogen) atoms. The van der Waals surface area contributed by atoms with Crippen LogP contribution in [0.15, 0.2) is 47.0 Å². The van der Waals surface area contributed by atoms with Gasteiger partial charge in [-0.15, -0.1) is 0 Å². The highest BCUT2D eigenvalue weighted by Crippen LogP contribution is 2.18. The van der Waals surface area contributed by atoms with Crippen molar-refractivity contribution in [2.45, 2.75) is 13.5 Å². The summed E-state index contributed by atoms with van der Waals surface area (Å²) in [5.41, 5.74) is 0.512. The van der Waals surface area contributed by atoms with E-state index < -0.39 is 11.9 Å². The number of benzene rings is 1. The molecule has 2 aromatic heterocycles. The third kappa shape index (κ3) is 4.09. The number of carboxylic acids is 1. The molecule has 0 spiro atoms. The molecule has 0 aliphatic rings. The molecule has 0 radical (unpaired) electrons. The van der Waals surface area contributed by atoms with Crippen LogP contribution in [0.4, 0.5) is 5.69 Å². The number of hydrogen-bond acceptors (Lipinski definition) is 6. The van der Waals surface area contributed by atoms with Gasteiger partial charge in [-0.2, -0.15) is 5.10 Å². The Hall–Kier alpha value is -3.88. The summed E-state index contributed by atoms with van der Waals surface area (Å²) in [6.45, 7) is 1.57. The lowest BCUT2D eigenvalue weighted by atomic mass is 10.1. The van der Waals surface area contributed by atoms with Gasteiger partial charge in [0.15, 0.2) is 17.2 Å². The van der Waals surface area contributed by atoms with E-state index in [9.17, 15) is 19.5 Å². The molecular formula is C19H17N3O6. The van der Waals surface area contributed by atoms with Crippen LogP contribution in [0.5, 0.6) is 5.75 Å². The maximum Gasteiger partial charge on any atom is 0.356 e. The van der Waals surface area contributed by atoms with Crippen LogP contribution in [-0.4, -0.2) is 32.5 Å². The molecule has 1 aromatic carbocycles. The fourth-order valence-electron chi connectivity index (χ4n) is 2.48. The predicted octanol–water partition coefficient (Wildman–Crippen LogP) is 2.75. The van der Waals surface area contributed by atoms with Crippen molar-refractivity contribution in [2.75, 3.05) is 5.32 Å². The Bertz CT molecular complexity index is 1030. The first kappa shape index (κ1) is 18.9. The highest BCUT2D eigenvalue weighted by atomic mass is 16.5. The number of Topliss-reactive ketones (excluding diaryl/α,β-unsaturated/α-hetero) is 1. The maximum absolute atomic E-state index is 12.3. The molecule has 0 atom stereocenters. The number of carbonyl (C=O) groups is 3. The van der Waals surface area contributed by atoms with Gasteiger partial charge in [-0.1, -0.05) is 0 Å². The van der Waals surface area contributed by atoms with Crippen LogP contribution in [0.2, 0.25) is 0 Å². The molecule has 3 aromatic rings. The molecule has 1 amide bonds. The number of amides is 1. The molecule has 2 heterocycles. The number of anilines is 1. The minimum absolute atomic E-state index is 0.00530. The van der Waals surface area contributed by atoms with E-state index in [1.165, 1.54) is 26.2 Å². The summed E-state index contributed by atoms with van der Waals surface area (Å²) in [5.74, 6) is -0.884. The second-order valence-corrected chi connectivity index (χ2v) is 5.92. The number of aryl methyl sites for hydroxylation is 1. The van der Waals surface area contributed by atoms with Gasteiger partial charge in [-0.3, -0.25) is 14.3 Å². The first-order valence-electron chi connectivity index (χ1n) is 8.24. The minimum atomic E-state index is -1.21. The molecule has 9 heteroatoms. The summed E-state index contributed by atoms with van der Waals surface area (Å²) in [4.78, 5) is 34.8. The van der Waals surface area contributed by atoms with E-state index >= 15 is 0 Å². The number of ether oxygens (including phenoxy) is 1. The number of aromatic carboxylic acids is 1. The number of furan rings is 1. The van der Waals surface area contributed by atoms with Crippen LogP contribution < -0.4 is 10.1 Å². The van der Waals surface area contributed by atoms with Crippen molar-refractivity contribution in [3.8, 4) is 5.75 Å². The summed E-state index contributed by atoms with van der Waals surface area (Å²) in [6, 6.07) is 9.70. The number of hydrogen-bond donors (Lipinski definition) is 2. The molecule has 2 N–H and O–H groups in total. The highest BCUT2D eigenvalue weighted by molar-refractivity contribution is 6.05. The van der Waals surface area contributed by atoms with Crippen molar-refractivity contribution < 1.29 is 28.6 Å². The van der Waals surface area contributed by atoms with Gasteiger partial charge in [0.25, 0.3) is 5.91 Å². The molecule has 9 nitrogen and oxygen atoms in total. The standard InChI is InChI=1S/C19H17N3O6/c1-11(23)12-3-5-13(6-4-12)27-10-14-7-8-16(28-14)18(24)21-15-9-20-22(2)17(15)19(25)26/h3-9H,10H2,1-2H3,(H,21,24)(H,25,26). The predicted molar refractivity (Wildman–Crippen MR) is 97.6 cm³/mol. The molecule has 0 aliphatic carbocycles. The second kappa shape index (κ2) is 7.78. The Morgan fingerprint density at radius 3 is 2.54 bits per heavy atom. The molecule has 0 saturated carbocycles. The lowest BCUT2D eigenvalue weighted by molar-refractivity contribution is 0.0686. The zero-order valence-electron chi connectivity index (χ0n) is 15.1. The van der Waals surface area contributed by atoms with Crippen molar-refractivity contribution in [3.05, 3.63) is 65.4 Å². The van der Waals surface area contributed by atoms with Gasteiger partial charge in [0, 0.05) is 12.6 Å². The third-order valence-electron chi connectivity index (χ3n) is 3.92. The minimum Gasteiger partial charge on any atom is -0.486 e. The summed E-state index contributed by atoms with van der Waals surface area (Å²) < 4.78 is 12.2. The van der Waals surface area contributed by atoms with Crippen LogP contribution in [0.1, 0.15) is 44.1 Å². The average Bonchev–Trinajstić information content (AvgIpc) is 3.27. The van der Waals surface area contributed by atoms with Gasteiger partial charge in [0.05, 0.1) is 11.9 Å². The lowest BCUT2D eigenvalue weighted by Gasteiger charge is -2.05. The van der Waals surface area contributed by atoms with Crippen LogP contribution in [0, 0.1) is 0 Å².